The SMILES string of the molecule is CC(=O)NCCNc1ccc(C(N)=S)c(C(F)(F)F)c1. The van der Waals surface area contributed by atoms with E-state index in [1.54, 1.807) is 0 Å². The maximum absolute atomic E-state index is 12.9. The van der Waals surface area contributed by atoms with Crippen LogP contribution in [0.15, 0.2) is 18.2 Å². The van der Waals surface area contributed by atoms with Crippen LogP contribution in [0, 0.1) is 0 Å². The largest absolute Gasteiger partial charge is 0.417 e. The number of nitrogens with one attached hydrogen (secondary N) is 2. The molecule has 0 radical (unpaired) electrons. The number of hydrogen-bond acceptors (Lipinski definition) is 3. The zero-order chi connectivity index (χ0) is 15.3. The molecule has 1 rings (SSSR count). The molecule has 0 bridgehead atoms. The topological polar surface area (TPSA) is 67.2 Å². The van der Waals surface area contributed by atoms with Crippen molar-refractivity contribution in [2.75, 3.05) is 18.4 Å². The standard InChI is InChI=1S/C12H14F3N3OS/c1-7(19)17-4-5-18-8-2-3-9(11(16)20)10(6-8)12(13,14)15/h2-3,6,18H,4-5H2,1H3,(H2,16,20)(H,17,19). The van der Waals surface area contributed by atoms with Gasteiger partial charge in [0.05, 0.1) is 5.56 Å². The lowest BCUT2D eigenvalue weighted by Crippen LogP contribution is -2.26. The molecule has 0 saturated carbocycles. The van der Waals surface area contributed by atoms with Gasteiger partial charge in [-0.25, -0.2) is 0 Å². The number of alkyl halides is 3. The highest BCUT2D eigenvalue weighted by atomic mass is 32.1. The summed E-state index contributed by atoms with van der Waals surface area (Å²) in [6.07, 6.45) is -4.53. The van der Waals surface area contributed by atoms with Crippen LogP contribution in [0.3, 0.4) is 0 Å². The van der Waals surface area contributed by atoms with Gasteiger partial charge in [-0.05, 0) is 18.2 Å². The minimum Gasteiger partial charge on any atom is -0.389 e. The van der Waals surface area contributed by atoms with Crippen molar-refractivity contribution >= 4 is 28.8 Å². The van der Waals surface area contributed by atoms with E-state index in [0.29, 0.717) is 13.1 Å². The number of amides is 1. The van der Waals surface area contributed by atoms with Gasteiger partial charge >= 0.3 is 6.18 Å². The highest BCUT2D eigenvalue weighted by molar-refractivity contribution is 7.80. The summed E-state index contributed by atoms with van der Waals surface area (Å²) < 4.78 is 38.6. The zero-order valence-electron chi connectivity index (χ0n) is 10.7. The van der Waals surface area contributed by atoms with E-state index < -0.39 is 11.7 Å². The maximum atomic E-state index is 12.9. The van der Waals surface area contributed by atoms with Crippen LogP contribution in [0.1, 0.15) is 18.1 Å². The molecule has 0 atom stereocenters. The molecule has 0 unspecified atom stereocenters. The average Bonchev–Trinajstić information content (AvgIpc) is 2.33. The van der Waals surface area contributed by atoms with Crippen LogP contribution >= 0.6 is 12.2 Å². The van der Waals surface area contributed by atoms with Gasteiger partial charge in [0, 0.05) is 31.3 Å². The molecular formula is C12H14F3N3OS. The Bertz CT molecular complexity index is 517. The molecule has 20 heavy (non-hydrogen) atoms. The fraction of sp³-hybridized carbons (Fsp3) is 0.333. The van der Waals surface area contributed by atoms with Gasteiger partial charge in [-0.1, -0.05) is 12.2 Å². The predicted octanol–water partition coefficient (Wildman–Crippen LogP) is 1.89. The van der Waals surface area contributed by atoms with E-state index in [-0.39, 0.29) is 22.1 Å². The van der Waals surface area contributed by atoms with E-state index in [4.69, 9.17) is 5.73 Å². The molecule has 0 heterocycles. The van der Waals surface area contributed by atoms with Crippen LogP contribution in [-0.4, -0.2) is 24.0 Å². The van der Waals surface area contributed by atoms with E-state index in [1.165, 1.54) is 19.1 Å². The van der Waals surface area contributed by atoms with Crippen molar-refractivity contribution in [3.8, 4) is 0 Å². The molecule has 8 heteroatoms. The Hall–Kier alpha value is -1.83. The molecule has 0 saturated heterocycles. The van der Waals surface area contributed by atoms with Crippen LogP contribution < -0.4 is 16.4 Å². The number of benzene rings is 1. The van der Waals surface area contributed by atoms with E-state index in [1.807, 2.05) is 0 Å². The molecule has 110 valence electrons. The van der Waals surface area contributed by atoms with E-state index in [0.717, 1.165) is 6.07 Å². The number of rotatable bonds is 5. The van der Waals surface area contributed by atoms with Crippen molar-refractivity contribution in [1.29, 1.82) is 0 Å². The van der Waals surface area contributed by atoms with Gasteiger partial charge in [-0.2, -0.15) is 13.2 Å². The van der Waals surface area contributed by atoms with Crippen molar-refractivity contribution in [3.63, 3.8) is 0 Å². The number of anilines is 1. The molecule has 0 aliphatic rings. The maximum Gasteiger partial charge on any atom is 0.417 e. The molecule has 0 aromatic heterocycles. The van der Waals surface area contributed by atoms with E-state index in [2.05, 4.69) is 22.9 Å². The minimum absolute atomic E-state index is 0.202. The third-order valence-electron chi connectivity index (χ3n) is 2.42. The first-order chi connectivity index (χ1) is 9.21. The van der Waals surface area contributed by atoms with E-state index in [9.17, 15) is 18.0 Å². The highest BCUT2D eigenvalue weighted by Gasteiger charge is 2.34. The first-order valence-electron chi connectivity index (χ1n) is 5.71. The fourth-order valence-corrected chi connectivity index (χ4v) is 1.73. The summed E-state index contributed by atoms with van der Waals surface area (Å²) in [5.41, 5.74) is 4.47. The zero-order valence-corrected chi connectivity index (χ0v) is 11.5. The molecule has 4 nitrogen and oxygen atoms in total. The fourth-order valence-electron chi connectivity index (χ4n) is 1.55. The van der Waals surface area contributed by atoms with Gasteiger partial charge in [0.1, 0.15) is 4.99 Å². The normalized spacial score (nSPS) is 11.0. The molecule has 0 spiro atoms. The number of carbonyl (C=O) groups excluding carboxylic acids is 1. The number of nitrogens with two attached hydrogens (primary N) is 1. The van der Waals surface area contributed by atoms with Crippen molar-refractivity contribution in [3.05, 3.63) is 29.3 Å². The summed E-state index contributed by atoms with van der Waals surface area (Å²) >= 11 is 4.61. The monoisotopic (exact) mass is 305 g/mol. The second kappa shape index (κ2) is 6.56. The molecule has 1 aromatic carbocycles. The van der Waals surface area contributed by atoms with Gasteiger partial charge in [-0.3, -0.25) is 4.79 Å². The second-order valence-electron chi connectivity index (χ2n) is 4.03. The van der Waals surface area contributed by atoms with E-state index >= 15 is 0 Å². The first-order valence-corrected chi connectivity index (χ1v) is 6.12. The predicted molar refractivity (Wildman–Crippen MR) is 74.5 cm³/mol. The van der Waals surface area contributed by atoms with Crippen molar-refractivity contribution in [2.45, 2.75) is 13.1 Å². The van der Waals surface area contributed by atoms with Crippen molar-refractivity contribution in [2.24, 2.45) is 5.73 Å². The number of thiocarbonyl (C=S) groups is 1. The summed E-state index contributed by atoms with van der Waals surface area (Å²) in [7, 11) is 0. The van der Waals surface area contributed by atoms with Gasteiger partial charge < -0.3 is 16.4 Å². The summed E-state index contributed by atoms with van der Waals surface area (Å²) in [5, 5.41) is 5.31. The Morgan fingerprint density at radius 1 is 1.35 bits per heavy atom. The summed E-state index contributed by atoms with van der Waals surface area (Å²) in [4.78, 5) is 10.3. The summed E-state index contributed by atoms with van der Waals surface area (Å²) in [6.45, 7) is 1.98. The quantitative estimate of drug-likeness (QED) is 0.574. The Balaban J connectivity index is 2.85. The molecular weight excluding hydrogens is 291 g/mol. The lowest BCUT2D eigenvalue weighted by molar-refractivity contribution is -0.137. The van der Waals surface area contributed by atoms with Crippen LogP contribution in [0.5, 0.6) is 0 Å². The van der Waals surface area contributed by atoms with Crippen LogP contribution in [0.25, 0.3) is 0 Å². The van der Waals surface area contributed by atoms with Crippen LogP contribution in [0.4, 0.5) is 18.9 Å². The van der Waals surface area contributed by atoms with Crippen LogP contribution in [-0.2, 0) is 11.0 Å². The number of halogens is 3. The molecule has 4 N–H and O–H groups in total. The first kappa shape index (κ1) is 16.2. The van der Waals surface area contributed by atoms with Gasteiger partial charge in [0.2, 0.25) is 5.91 Å². The molecule has 0 fully saturated rings. The number of carbonyl (C=O) groups is 1. The van der Waals surface area contributed by atoms with Gasteiger partial charge in [0.25, 0.3) is 0 Å². The lowest BCUT2D eigenvalue weighted by atomic mass is 10.1. The minimum atomic E-state index is -4.53. The molecule has 1 aromatic rings. The van der Waals surface area contributed by atoms with Crippen molar-refractivity contribution < 1.29 is 18.0 Å². The average molecular weight is 305 g/mol. The van der Waals surface area contributed by atoms with Gasteiger partial charge in [-0.15, -0.1) is 0 Å². The number of hydrogen-bond donors (Lipinski definition) is 3. The highest BCUT2D eigenvalue weighted by Crippen LogP contribution is 2.33. The van der Waals surface area contributed by atoms with Gasteiger partial charge in [0.15, 0.2) is 0 Å². The van der Waals surface area contributed by atoms with Crippen LogP contribution in [0.2, 0.25) is 0 Å². The Labute approximate surface area is 119 Å². The Morgan fingerprint density at radius 2 is 2.00 bits per heavy atom. The van der Waals surface area contributed by atoms with Crippen molar-refractivity contribution in [1.82, 2.24) is 5.32 Å². The Morgan fingerprint density at radius 3 is 2.50 bits per heavy atom. The third kappa shape index (κ3) is 4.69. The third-order valence-corrected chi connectivity index (χ3v) is 2.64. The lowest BCUT2D eigenvalue weighted by Gasteiger charge is -2.14. The smallest absolute Gasteiger partial charge is 0.389 e. The molecule has 0 aliphatic heterocycles. The molecule has 0 aliphatic carbocycles. The summed E-state index contributed by atoms with van der Waals surface area (Å²) in [6, 6.07) is 3.63. The second-order valence-corrected chi connectivity index (χ2v) is 4.47. The molecule has 1 amide bonds. The Kier molecular flexibility index (Phi) is 5.32. The summed E-state index contributed by atoms with van der Waals surface area (Å²) in [5.74, 6) is -0.202.